The molecule has 0 fully saturated rings. The average Bonchev–Trinajstić information content (AvgIpc) is 2.88. The zero-order valence-electron chi connectivity index (χ0n) is 10.3. The number of hydrogen-bond acceptors (Lipinski definition) is 5. The van der Waals surface area contributed by atoms with Crippen LogP contribution < -0.4 is 0 Å². The van der Waals surface area contributed by atoms with Gasteiger partial charge >= 0.3 is 5.97 Å². The van der Waals surface area contributed by atoms with Crippen LogP contribution in [0.25, 0.3) is 0 Å². The highest BCUT2D eigenvalue weighted by Gasteiger charge is 2.16. The van der Waals surface area contributed by atoms with Gasteiger partial charge in [-0.1, -0.05) is 6.07 Å². The molecule has 0 saturated heterocycles. The number of carboxylic acid groups (broad SMARTS) is 1. The van der Waals surface area contributed by atoms with Gasteiger partial charge in [0.1, 0.15) is 5.76 Å². The number of aliphatic hydroxyl groups excluding tert-OH is 1. The lowest BCUT2D eigenvalue weighted by Crippen LogP contribution is -2.05. The number of hydrogen-bond donors (Lipinski definition) is 2. The van der Waals surface area contributed by atoms with E-state index in [1.807, 2.05) is 6.07 Å². The largest absolute Gasteiger partial charge is 0.502 e. The van der Waals surface area contributed by atoms with Crippen molar-refractivity contribution in [1.29, 1.82) is 0 Å². The van der Waals surface area contributed by atoms with Crippen LogP contribution in [0.15, 0.2) is 53.0 Å². The van der Waals surface area contributed by atoms with Crippen molar-refractivity contribution in [1.82, 2.24) is 4.98 Å². The molecule has 2 rings (SSSR count). The van der Waals surface area contributed by atoms with Crippen molar-refractivity contribution in [3.05, 3.63) is 65.6 Å². The van der Waals surface area contributed by atoms with Crippen LogP contribution in [0.3, 0.4) is 0 Å². The van der Waals surface area contributed by atoms with Gasteiger partial charge in [-0.3, -0.25) is 9.78 Å². The average molecular weight is 273 g/mol. The number of rotatable bonds is 5. The summed E-state index contributed by atoms with van der Waals surface area (Å²) in [7, 11) is 0. The van der Waals surface area contributed by atoms with Gasteiger partial charge in [-0.15, -0.1) is 0 Å². The zero-order valence-corrected chi connectivity index (χ0v) is 10.3. The lowest BCUT2D eigenvalue weighted by atomic mass is 10.1. The zero-order chi connectivity index (χ0) is 14.5. The summed E-state index contributed by atoms with van der Waals surface area (Å²) in [5.74, 6) is -2.85. The number of carbonyl (C=O) groups excluding carboxylic acids is 1. The summed E-state index contributed by atoms with van der Waals surface area (Å²) >= 11 is 0. The van der Waals surface area contributed by atoms with Gasteiger partial charge in [0.15, 0.2) is 5.78 Å². The summed E-state index contributed by atoms with van der Waals surface area (Å²) in [5, 5.41) is 17.6. The maximum atomic E-state index is 11.9. The highest BCUT2D eigenvalue weighted by atomic mass is 16.4. The van der Waals surface area contributed by atoms with Gasteiger partial charge in [0, 0.05) is 24.4 Å². The third kappa shape index (κ3) is 3.11. The van der Waals surface area contributed by atoms with Gasteiger partial charge in [-0.25, -0.2) is 4.79 Å². The molecule has 102 valence electrons. The molecule has 0 aromatic carbocycles. The highest BCUT2D eigenvalue weighted by Crippen LogP contribution is 2.16. The second-order valence-electron chi connectivity index (χ2n) is 3.95. The fourth-order valence-corrected chi connectivity index (χ4v) is 1.63. The fourth-order valence-electron chi connectivity index (χ4n) is 1.63. The molecular formula is C14H11NO5. The molecule has 0 bridgehead atoms. The number of furan rings is 1. The maximum absolute atomic E-state index is 11.9. The SMILES string of the molecule is O=C(O)C(O)=CC(=O)c1ccoc1Cc1ccccn1. The number of ketones is 1. The van der Waals surface area contributed by atoms with Gasteiger partial charge < -0.3 is 14.6 Å². The number of nitrogens with zero attached hydrogens (tertiary/aromatic N) is 1. The van der Waals surface area contributed by atoms with Crippen molar-refractivity contribution in [2.45, 2.75) is 6.42 Å². The molecule has 0 aliphatic heterocycles. The molecular weight excluding hydrogens is 262 g/mol. The molecule has 2 heterocycles. The molecule has 0 spiro atoms. The van der Waals surface area contributed by atoms with Gasteiger partial charge in [0.05, 0.1) is 11.8 Å². The highest BCUT2D eigenvalue weighted by molar-refractivity contribution is 6.08. The Labute approximate surface area is 114 Å². The minimum atomic E-state index is -1.56. The van der Waals surface area contributed by atoms with Gasteiger partial charge in [0.2, 0.25) is 5.76 Å². The van der Waals surface area contributed by atoms with Crippen LogP contribution in [0.1, 0.15) is 21.8 Å². The predicted octanol–water partition coefficient (Wildman–Crippen LogP) is 1.97. The van der Waals surface area contributed by atoms with Gasteiger partial charge in [-0.05, 0) is 18.2 Å². The summed E-state index contributed by atoms with van der Waals surface area (Å²) < 4.78 is 5.21. The Kier molecular flexibility index (Phi) is 3.95. The Morgan fingerprint density at radius 1 is 1.25 bits per heavy atom. The number of carbonyl (C=O) groups is 2. The topological polar surface area (TPSA) is 101 Å². The van der Waals surface area contributed by atoms with Crippen molar-refractivity contribution in [3.63, 3.8) is 0 Å². The maximum Gasteiger partial charge on any atom is 0.371 e. The Morgan fingerprint density at radius 2 is 2.05 bits per heavy atom. The Hall–Kier alpha value is -2.89. The first-order chi connectivity index (χ1) is 9.58. The molecule has 2 N–H and O–H groups in total. The first-order valence-corrected chi connectivity index (χ1v) is 5.72. The van der Waals surface area contributed by atoms with E-state index < -0.39 is 17.5 Å². The van der Waals surface area contributed by atoms with Crippen molar-refractivity contribution in [2.75, 3.05) is 0 Å². The van der Waals surface area contributed by atoms with E-state index in [2.05, 4.69) is 4.98 Å². The fraction of sp³-hybridized carbons (Fsp3) is 0.0714. The van der Waals surface area contributed by atoms with Crippen molar-refractivity contribution in [3.8, 4) is 0 Å². The summed E-state index contributed by atoms with van der Waals surface area (Å²) in [4.78, 5) is 26.4. The van der Waals surface area contributed by atoms with E-state index in [9.17, 15) is 9.59 Å². The van der Waals surface area contributed by atoms with Crippen LogP contribution in [0.5, 0.6) is 0 Å². The second-order valence-corrected chi connectivity index (χ2v) is 3.95. The molecule has 0 radical (unpaired) electrons. The molecule has 0 aliphatic carbocycles. The first-order valence-electron chi connectivity index (χ1n) is 5.72. The van der Waals surface area contributed by atoms with E-state index in [1.54, 1.807) is 18.3 Å². The van der Waals surface area contributed by atoms with Crippen molar-refractivity contribution in [2.24, 2.45) is 0 Å². The molecule has 2 aromatic heterocycles. The van der Waals surface area contributed by atoms with E-state index in [4.69, 9.17) is 14.6 Å². The molecule has 0 atom stereocenters. The second kappa shape index (κ2) is 5.83. The summed E-state index contributed by atoms with van der Waals surface area (Å²) in [5.41, 5.74) is 0.909. The molecule has 2 aromatic rings. The Bertz CT molecular complexity index is 657. The van der Waals surface area contributed by atoms with E-state index in [0.717, 1.165) is 0 Å². The smallest absolute Gasteiger partial charge is 0.371 e. The van der Waals surface area contributed by atoms with E-state index in [1.165, 1.54) is 12.3 Å². The number of allylic oxidation sites excluding steroid dienone is 1. The molecule has 20 heavy (non-hydrogen) atoms. The Morgan fingerprint density at radius 3 is 2.70 bits per heavy atom. The summed E-state index contributed by atoms with van der Waals surface area (Å²) in [6.45, 7) is 0. The van der Waals surface area contributed by atoms with E-state index in [-0.39, 0.29) is 5.56 Å². The lowest BCUT2D eigenvalue weighted by Gasteiger charge is -2.00. The first kappa shape index (κ1) is 13.5. The quantitative estimate of drug-likeness (QED) is 0.490. The number of aromatic nitrogens is 1. The van der Waals surface area contributed by atoms with Crippen molar-refractivity contribution >= 4 is 11.8 Å². The van der Waals surface area contributed by atoms with Gasteiger partial charge in [0.25, 0.3) is 0 Å². The summed E-state index contributed by atoms with van der Waals surface area (Å²) in [6, 6.07) is 6.78. The summed E-state index contributed by atoms with van der Waals surface area (Å²) in [6.07, 6.45) is 3.90. The normalized spacial score (nSPS) is 11.3. The molecule has 6 heteroatoms. The van der Waals surface area contributed by atoms with Crippen LogP contribution in [0.2, 0.25) is 0 Å². The van der Waals surface area contributed by atoms with Crippen LogP contribution in [-0.2, 0) is 11.2 Å². The number of pyridine rings is 1. The van der Waals surface area contributed by atoms with Crippen LogP contribution in [0, 0.1) is 0 Å². The van der Waals surface area contributed by atoms with E-state index in [0.29, 0.717) is 24.0 Å². The lowest BCUT2D eigenvalue weighted by molar-refractivity contribution is -0.135. The third-order valence-corrected chi connectivity index (χ3v) is 2.57. The molecule has 6 nitrogen and oxygen atoms in total. The van der Waals surface area contributed by atoms with Crippen LogP contribution >= 0.6 is 0 Å². The molecule has 0 amide bonds. The predicted molar refractivity (Wildman–Crippen MR) is 68.4 cm³/mol. The number of aliphatic hydroxyl groups is 1. The van der Waals surface area contributed by atoms with Crippen molar-refractivity contribution < 1.29 is 24.2 Å². The third-order valence-electron chi connectivity index (χ3n) is 2.57. The Balaban J connectivity index is 2.23. The van der Waals surface area contributed by atoms with Crippen LogP contribution in [0.4, 0.5) is 0 Å². The minimum absolute atomic E-state index is 0.198. The monoisotopic (exact) mass is 273 g/mol. The molecule has 0 unspecified atom stereocenters. The molecule has 0 saturated carbocycles. The van der Waals surface area contributed by atoms with E-state index >= 15 is 0 Å². The standard InChI is InChI=1S/C14H11NO5/c16-11(8-12(17)14(18)19)10-4-6-20-13(10)7-9-3-1-2-5-15-9/h1-6,8,17H,7H2,(H,18,19). The minimum Gasteiger partial charge on any atom is -0.502 e. The van der Waals surface area contributed by atoms with Crippen LogP contribution in [-0.4, -0.2) is 26.9 Å². The van der Waals surface area contributed by atoms with Gasteiger partial charge in [-0.2, -0.15) is 0 Å². The number of carboxylic acids is 1. The number of aliphatic carboxylic acids is 1. The molecule has 0 aliphatic rings.